The van der Waals surface area contributed by atoms with Gasteiger partial charge in [0.05, 0.1) is 0 Å². The van der Waals surface area contributed by atoms with Crippen molar-refractivity contribution in [2.45, 2.75) is 6.92 Å². The van der Waals surface area contributed by atoms with Gasteiger partial charge in [-0.1, -0.05) is 48.8 Å². The zero-order valence-electron chi connectivity index (χ0n) is 11.5. The monoisotopic (exact) mass is 273 g/mol. The number of benzene rings is 1. The molecular formula is C14H16BNO4. The fourth-order valence-electron chi connectivity index (χ4n) is 3.19. The quantitative estimate of drug-likeness (QED) is 0.758. The molecule has 0 amide bonds. The number of carbonyl (C=O) groups excluding carboxylic acids is 2. The SMILES string of the molecule is C/C(=C\c1ccccc1)[B-]12OC(=O)C[N+]1(C)CC(=O)O2. The van der Waals surface area contributed by atoms with E-state index >= 15 is 0 Å². The van der Waals surface area contributed by atoms with Gasteiger partial charge in [0.1, 0.15) is 13.1 Å². The van der Waals surface area contributed by atoms with E-state index in [1.165, 1.54) is 0 Å². The van der Waals surface area contributed by atoms with Gasteiger partial charge in [-0.05, 0) is 5.56 Å². The fraction of sp³-hybridized carbons (Fsp3) is 0.286. The second-order valence-corrected chi connectivity index (χ2v) is 5.75. The molecule has 1 aromatic carbocycles. The Balaban J connectivity index is 2.04. The minimum Gasteiger partial charge on any atom is -0.596 e. The van der Waals surface area contributed by atoms with E-state index < -0.39 is 6.69 Å². The van der Waals surface area contributed by atoms with Crippen LogP contribution in [0.2, 0.25) is 0 Å². The van der Waals surface area contributed by atoms with Crippen LogP contribution in [0.4, 0.5) is 0 Å². The van der Waals surface area contributed by atoms with Crippen LogP contribution in [0.5, 0.6) is 0 Å². The van der Waals surface area contributed by atoms with Crippen LogP contribution >= 0.6 is 0 Å². The van der Waals surface area contributed by atoms with Gasteiger partial charge in [-0.2, -0.15) is 0 Å². The number of carbonyl (C=O) groups is 2. The number of hydrogen-bond acceptors (Lipinski definition) is 4. The predicted molar refractivity (Wildman–Crippen MR) is 73.9 cm³/mol. The van der Waals surface area contributed by atoms with Crippen LogP contribution in [0.15, 0.2) is 35.8 Å². The van der Waals surface area contributed by atoms with Crippen LogP contribution < -0.4 is 0 Å². The topological polar surface area (TPSA) is 52.6 Å². The first-order chi connectivity index (χ1) is 9.45. The van der Waals surface area contributed by atoms with Gasteiger partial charge < -0.3 is 13.7 Å². The van der Waals surface area contributed by atoms with Crippen molar-refractivity contribution in [2.75, 3.05) is 20.1 Å². The van der Waals surface area contributed by atoms with Crippen LogP contribution in [-0.2, 0) is 18.9 Å². The van der Waals surface area contributed by atoms with Crippen LogP contribution in [-0.4, -0.2) is 43.2 Å². The van der Waals surface area contributed by atoms with Gasteiger partial charge in [0.2, 0.25) is 0 Å². The summed E-state index contributed by atoms with van der Waals surface area (Å²) in [6.45, 7) is 0.111. The van der Waals surface area contributed by atoms with Crippen LogP contribution in [0.3, 0.4) is 0 Å². The molecule has 0 aliphatic carbocycles. The number of rotatable bonds is 2. The first-order valence-corrected chi connectivity index (χ1v) is 6.61. The Morgan fingerprint density at radius 3 is 2.25 bits per heavy atom. The number of nitrogens with zero attached hydrogens (tertiary/aromatic N) is 1. The molecule has 20 heavy (non-hydrogen) atoms. The maximum atomic E-state index is 11.7. The first-order valence-electron chi connectivity index (χ1n) is 6.61. The number of allylic oxidation sites excluding steroid dienone is 1. The van der Waals surface area contributed by atoms with E-state index in [0.29, 0.717) is 0 Å². The minimum absolute atomic E-state index is 0.172. The van der Waals surface area contributed by atoms with E-state index in [4.69, 9.17) is 9.31 Å². The predicted octanol–water partition coefficient (Wildman–Crippen LogP) is 1.13. The number of quaternary nitrogens is 1. The summed E-state index contributed by atoms with van der Waals surface area (Å²) in [5, 5.41) is 0. The maximum Gasteiger partial charge on any atom is 0.610 e. The lowest BCUT2D eigenvalue weighted by molar-refractivity contribution is -0.792. The smallest absolute Gasteiger partial charge is 0.596 e. The molecule has 0 unspecified atom stereocenters. The summed E-state index contributed by atoms with van der Waals surface area (Å²) >= 11 is 0. The Labute approximate surface area is 117 Å². The van der Waals surface area contributed by atoms with Gasteiger partial charge >= 0.3 is 18.6 Å². The second kappa shape index (κ2) is 4.21. The molecule has 0 saturated carbocycles. The molecule has 2 heterocycles. The second-order valence-electron chi connectivity index (χ2n) is 5.75. The highest BCUT2D eigenvalue weighted by molar-refractivity contribution is 6.73. The third-order valence-corrected chi connectivity index (χ3v) is 4.15. The lowest BCUT2D eigenvalue weighted by Gasteiger charge is -2.40. The molecule has 2 aliphatic rings. The zero-order chi connectivity index (χ0) is 14.4. The summed E-state index contributed by atoms with van der Waals surface area (Å²) in [5.74, 6) is -0.637. The minimum atomic E-state index is -2.08. The normalized spacial score (nSPS) is 32.8. The van der Waals surface area contributed by atoms with Crippen molar-refractivity contribution in [1.29, 1.82) is 0 Å². The van der Waals surface area contributed by atoms with Gasteiger partial charge in [-0.25, -0.2) is 0 Å². The summed E-state index contributed by atoms with van der Waals surface area (Å²) < 4.78 is 11.1. The largest absolute Gasteiger partial charge is 0.610 e. The standard InChI is InChI=1S/C14H16BNO4/c1-11(8-12-6-4-3-5-7-12)15-16(2,9-13(17)19-15)10-14(18)20-15/h3-8H,9-10H2,1-2H3/b11-8+. The number of likely N-dealkylation sites (N-methyl/N-ethyl adjacent to an activating group) is 1. The Morgan fingerprint density at radius 2 is 1.70 bits per heavy atom. The fourth-order valence-corrected chi connectivity index (χ4v) is 3.19. The van der Waals surface area contributed by atoms with Crippen molar-refractivity contribution in [3.63, 3.8) is 0 Å². The molecule has 104 valence electrons. The molecule has 2 aliphatic heterocycles. The molecular weight excluding hydrogens is 257 g/mol. The highest BCUT2D eigenvalue weighted by Gasteiger charge is 2.65. The Kier molecular flexibility index (Phi) is 2.72. The van der Waals surface area contributed by atoms with E-state index in [-0.39, 0.29) is 29.4 Å². The van der Waals surface area contributed by atoms with Crippen LogP contribution in [0.1, 0.15) is 12.5 Å². The van der Waals surface area contributed by atoms with Crippen LogP contribution in [0, 0.1) is 0 Å². The molecule has 3 rings (SSSR count). The summed E-state index contributed by atoms with van der Waals surface area (Å²) in [6, 6.07) is 9.70. The Morgan fingerprint density at radius 1 is 1.15 bits per heavy atom. The molecule has 0 radical (unpaired) electrons. The van der Waals surface area contributed by atoms with E-state index in [0.717, 1.165) is 11.0 Å². The third-order valence-electron chi connectivity index (χ3n) is 4.15. The summed E-state index contributed by atoms with van der Waals surface area (Å²) in [4.78, 5) is 23.4. The number of fused-ring (bicyclic) bond motifs is 1. The van der Waals surface area contributed by atoms with Crippen molar-refractivity contribution in [2.24, 2.45) is 0 Å². The molecule has 5 nitrogen and oxygen atoms in total. The first kappa shape index (κ1) is 12.9. The van der Waals surface area contributed by atoms with Crippen LogP contribution in [0.25, 0.3) is 6.08 Å². The Bertz CT molecular complexity index is 591. The van der Waals surface area contributed by atoms with Crippen molar-refractivity contribution >= 4 is 24.7 Å². The molecule has 0 N–H and O–H groups in total. The van der Waals surface area contributed by atoms with E-state index in [2.05, 4.69) is 0 Å². The Hall–Kier alpha value is -2.08. The highest BCUT2D eigenvalue weighted by atomic mass is 16.7. The van der Waals surface area contributed by atoms with Crippen molar-refractivity contribution in [3.05, 3.63) is 41.4 Å². The van der Waals surface area contributed by atoms with E-state index in [1.54, 1.807) is 0 Å². The van der Waals surface area contributed by atoms with Gasteiger partial charge in [0, 0.05) is 7.05 Å². The average Bonchev–Trinajstić information content (AvgIpc) is 2.75. The van der Waals surface area contributed by atoms with Gasteiger partial charge in [-0.3, -0.25) is 9.59 Å². The van der Waals surface area contributed by atoms with Gasteiger partial charge in [0.15, 0.2) is 0 Å². The highest BCUT2D eigenvalue weighted by Crippen LogP contribution is 2.39. The molecule has 2 saturated heterocycles. The summed E-state index contributed by atoms with van der Waals surface area (Å²) in [6.07, 6.45) is 1.91. The van der Waals surface area contributed by atoms with Gasteiger partial charge in [0.25, 0.3) is 0 Å². The summed E-state index contributed by atoms with van der Waals surface area (Å²) in [5.41, 5.74) is 1.76. The molecule has 2 fully saturated rings. The third kappa shape index (κ3) is 1.76. The lowest BCUT2D eigenvalue weighted by atomic mass is 9.60. The average molecular weight is 273 g/mol. The summed E-state index contributed by atoms with van der Waals surface area (Å²) in [7, 11) is 1.83. The van der Waals surface area contributed by atoms with Crippen molar-refractivity contribution in [1.82, 2.24) is 0 Å². The maximum absolute atomic E-state index is 11.7. The number of hydrogen-bond donors (Lipinski definition) is 0. The molecule has 6 heteroatoms. The molecule has 0 spiro atoms. The van der Waals surface area contributed by atoms with Gasteiger partial charge in [-0.15, -0.1) is 0 Å². The van der Waals surface area contributed by atoms with E-state index in [9.17, 15) is 9.59 Å². The molecule has 0 aromatic heterocycles. The molecule has 0 bridgehead atoms. The molecule has 0 atom stereocenters. The van der Waals surface area contributed by atoms with E-state index in [1.807, 2.05) is 50.4 Å². The zero-order valence-corrected chi connectivity index (χ0v) is 11.5. The lowest BCUT2D eigenvalue weighted by Crippen LogP contribution is -2.61. The molecule has 1 aromatic rings. The van der Waals surface area contributed by atoms with Crippen molar-refractivity contribution < 1.29 is 23.3 Å². The van der Waals surface area contributed by atoms with Crippen molar-refractivity contribution in [3.8, 4) is 0 Å².